The average Bonchev–Trinajstić information content (AvgIpc) is 2.75. The molecule has 0 aliphatic rings. The second-order valence-electron chi connectivity index (χ2n) is 7.74. The zero-order valence-electron chi connectivity index (χ0n) is 18.4. The maximum Gasteiger partial charge on any atom is 0.261 e. The quantitative estimate of drug-likeness (QED) is 0.529. The predicted molar refractivity (Wildman–Crippen MR) is 120 cm³/mol. The smallest absolute Gasteiger partial charge is 0.261 e. The monoisotopic (exact) mass is 421 g/mol. The summed E-state index contributed by atoms with van der Waals surface area (Å²) >= 11 is 0. The van der Waals surface area contributed by atoms with Crippen LogP contribution in [0.5, 0.6) is 11.5 Å². The molecule has 0 radical (unpaired) electrons. The fraction of sp³-hybridized carbons (Fsp3) is 0.269. The zero-order chi connectivity index (χ0) is 22.4. The van der Waals surface area contributed by atoms with E-state index in [0.717, 1.165) is 33.6 Å². The van der Waals surface area contributed by atoms with Crippen molar-refractivity contribution in [2.45, 2.75) is 47.0 Å². The second-order valence-corrected chi connectivity index (χ2v) is 7.74. The highest BCUT2D eigenvalue weighted by atomic mass is 19.1. The molecule has 0 bridgehead atoms. The molecule has 31 heavy (non-hydrogen) atoms. The number of benzene rings is 3. The van der Waals surface area contributed by atoms with Crippen molar-refractivity contribution < 1.29 is 18.7 Å². The Morgan fingerprint density at radius 2 is 1.61 bits per heavy atom. The molecule has 162 valence electrons. The van der Waals surface area contributed by atoms with E-state index in [1.165, 1.54) is 12.1 Å². The Kier molecular flexibility index (Phi) is 7.29. The molecule has 4 nitrogen and oxygen atoms in total. The summed E-state index contributed by atoms with van der Waals surface area (Å²) in [5.74, 6) is 1.01. The van der Waals surface area contributed by atoms with E-state index in [0.29, 0.717) is 18.9 Å². The number of amides is 1. The van der Waals surface area contributed by atoms with E-state index in [1.807, 2.05) is 51.1 Å². The number of aryl methyl sites for hydroxylation is 2. The van der Waals surface area contributed by atoms with Gasteiger partial charge in [-0.1, -0.05) is 30.3 Å². The van der Waals surface area contributed by atoms with Gasteiger partial charge in [0.05, 0.1) is 0 Å². The van der Waals surface area contributed by atoms with Crippen molar-refractivity contribution in [3.05, 3.63) is 94.3 Å². The van der Waals surface area contributed by atoms with Crippen LogP contribution in [0.1, 0.15) is 34.7 Å². The van der Waals surface area contributed by atoms with Crippen LogP contribution in [-0.2, 0) is 17.9 Å². The van der Waals surface area contributed by atoms with Crippen LogP contribution in [0.2, 0.25) is 0 Å². The van der Waals surface area contributed by atoms with Gasteiger partial charge >= 0.3 is 0 Å². The third-order valence-corrected chi connectivity index (χ3v) is 5.15. The predicted octanol–water partition coefficient (Wildman–Crippen LogP) is 5.41. The van der Waals surface area contributed by atoms with Crippen LogP contribution in [-0.4, -0.2) is 12.0 Å². The van der Waals surface area contributed by atoms with Gasteiger partial charge < -0.3 is 14.8 Å². The number of hydrogen-bond acceptors (Lipinski definition) is 3. The lowest BCUT2D eigenvalue weighted by atomic mass is 10.1. The molecule has 0 aromatic heterocycles. The van der Waals surface area contributed by atoms with E-state index < -0.39 is 6.10 Å². The van der Waals surface area contributed by atoms with Crippen LogP contribution in [0.15, 0.2) is 60.7 Å². The third-order valence-electron chi connectivity index (χ3n) is 5.15. The molecule has 0 aliphatic heterocycles. The van der Waals surface area contributed by atoms with Crippen molar-refractivity contribution >= 4 is 5.91 Å². The Hall–Kier alpha value is -3.34. The molecule has 0 unspecified atom stereocenters. The standard InChI is InChI=1S/C26H28FNO3/c1-17-13-18(2)19(3)25(14-17)31-20(4)26(29)28-15-21-7-11-24(12-8-21)30-16-22-5-9-23(27)10-6-22/h5-14,20H,15-16H2,1-4H3,(H,28,29)/t20-/m1/s1. The van der Waals surface area contributed by atoms with Gasteiger partial charge in [0.15, 0.2) is 6.10 Å². The molecule has 3 aromatic carbocycles. The molecular formula is C26H28FNO3. The summed E-state index contributed by atoms with van der Waals surface area (Å²) in [5.41, 5.74) is 5.14. The number of ether oxygens (including phenoxy) is 2. The van der Waals surface area contributed by atoms with Crippen molar-refractivity contribution in [1.82, 2.24) is 5.32 Å². The van der Waals surface area contributed by atoms with E-state index in [-0.39, 0.29) is 11.7 Å². The van der Waals surface area contributed by atoms with Crippen LogP contribution in [0.25, 0.3) is 0 Å². The summed E-state index contributed by atoms with van der Waals surface area (Å²) in [6.45, 7) is 8.55. The maximum atomic E-state index is 13.0. The maximum absolute atomic E-state index is 13.0. The summed E-state index contributed by atoms with van der Waals surface area (Å²) in [6.07, 6.45) is -0.599. The molecule has 0 saturated heterocycles. The molecule has 3 rings (SSSR count). The normalized spacial score (nSPS) is 11.6. The fourth-order valence-electron chi connectivity index (χ4n) is 3.15. The summed E-state index contributed by atoms with van der Waals surface area (Å²) < 4.78 is 24.6. The van der Waals surface area contributed by atoms with Gasteiger partial charge in [0.25, 0.3) is 5.91 Å². The number of hydrogen-bond donors (Lipinski definition) is 1. The lowest BCUT2D eigenvalue weighted by molar-refractivity contribution is -0.127. The Morgan fingerprint density at radius 1 is 0.968 bits per heavy atom. The van der Waals surface area contributed by atoms with Crippen molar-refractivity contribution in [1.29, 1.82) is 0 Å². The zero-order valence-corrected chi connectivity index (χ0v) is 18.4. The first kappa shape index (κ1) is 22.3. The first-order valence-corrected chi connectivity index (χ1v) is 10.3. The first-order chi connectivity index (χ1) is 14.8. The summed E-state index contributed by atoms with van der Waals surface area (Å²) in [6, 6.07) is 17.8. The topological polar surface area (TPSA) is 47.6 Å². The Labute approximate surface area is 183 Å². The van der Waals surface area contributed by atoms with E-state index in [4.69, 9.17) is 9.47 Å². The van der Waals surface area contributed by atoms with E-state index >= 15 is 0 Å². The van der Waals surface area contributed by atoms with E-state index in [2.05, 4.69) is 11.4 Å². The largest absolute Gasteiger partial charge is 0.489 e. The van der Waals surface area contributed by atoms with Crippen molar-refractivity contribution in [3.63, 3.8) is 0 Å². The molecule has 0 fully saturated rings. The number of carbonyl (C=O) groups is 1. The molecule has 0 spiro atoms. The van der Waals surface area contributed by atoms with E-state index in [1.54, 1.807) is 19.1 Å². The number of rotatable bonds is 8. The molecule has 0 aliphatic carbocycles. The molecule has 0 saturated carbocycles. The molecule has 5 heteroatoms. The number of nitrogens with one attached hydrogen (secondary N) is 1. The number of halogens is 1. The van der Waals surface area contributed by atoms with Gasteiger partial charge in [0.1, 0.15) is 23.9 Å². The fourth-order valence-corrected chi connectivity index (χ4v) is 3.15. The molecule has 1 N–H and O–H groups in total. The van der Waals surface area contributed by atoms with Crippen LogP contribution in [0, 0.1) is 26.6 Å². The highest BCUT2D eigenvalue weighted by molar-refractivity contribution is 5.80. The summed E-state index contributed by atoms with van der Waals surface area (Å²) in [4.78, 5) is 12.5. The third kappa shape index (κ3) is 6.32. The summed E-state index contributed by atoms with van der Waals surface area (Å²) in [5, 5.41) is 2.91. The van der Waals surface area contributed by atoms with Gasteiger partial charge in [-0.3, -0.25) is 4.79 Å². The minimum atomic E-state index is -0.599. The molecule has 3 aromatic rings. The summed E-state index contributed by atoms with van der Waals surface area (Å²) in [7, 11) is 0. The van der Waals surface area contributed by atoms with Gasteiger partial charge in [-0.15, -0.1) is 0 Å². The van der Waals surface area contributed by atoms with Gasteiger partial charge in [0, 0.05) is 6.54 Å². The Morgan fingerprint density at radius 3 is 2.29 bits per heavy atom. The van der Waals surface area contributed by atoms with E-state index in [9.17, 15) is 9.18 Å². The molecular weight excluding hydrogens is 393 g/mol. The van der Waals surface area contributed by atoms with Gasteiger partial charge in [0.2, 0.25) is 0 Å². The minimum Gasteiger partial charge on any atom is -0.489 e. The molecule has 1 amide bonds. The van der Waals surface area contributed by atoms with Crippen LogP contribution in [0.4, 0.5) is 4.39 Å². The van der Waals surface area contributed by atoms with Gasteiger partial charge in [-0.2, -0.15) is 0 Å². The van der Waals surface area contributed by atoms with Crippen molar-refractivity contribution in [3.8, 4) is 11.5 Å². The second kappa shape index (κ2) is 10.1. The van der Waals surface area contributed by atoms with Gasteiger partial charge in [-0.05, 0) is 85.8 Å². The SMILES string of the molecule is Cc1cc(C)c(C)c(O[C@H](C)C(=O)NCc2ccc(OCc3ccc(F)cc3)cc2)c1. The van der Waals surface area contributed by atoms with Crippen molar-refractivity contribution in [2.75, 3.05) is 0 Å². The molecule has 0 heterocycles. The van der Waals surface area contributed by atoms with Crippen LogP contribution >= 0.6 is 0 Å². The lowest BCUT2D eigenvalue weighted by Crippen LogP contribution is -2.36. The minimum absolute atomic E-state index is 0.171. The highest BCUT2D eigenvalue weighted by Gasteiger charge is 2.16. The van der Waals surface area contributed by atoms with Gasteiger partial charge in [-0.25, -0.2) is 4.39 Å². The first-order valence-electron chi connectivity index (χ1n) is 10.3. The average molecular weight is 422 g/mol. The lowest BCUT2D eigenvalue weighted by Gasteiger charge is -2.18. The number of carbonyl (C=O) groups excluding carboxylic acids is 1. The van der Waals surface area contributed by atoms with Crippen molar-refractivity contribution in [2.24, 2.45) is 0 Å². The van der Waals surface area contributed by atoms with Crippen LogP contribution < -0.4 is 14.8 Å². The Balaban J connectivity index is 1.49. The Bertz CT molecular complexity index is 1030. The van der Waals surface area contributed by atoms with Crippen LogP contribution in [0.3, 0.4) is 0 Å². The molecule has 1 atom stereocenters. The highest BCUT2D eigenvalue weighted by Crippen LogP contribution is 2.24.